The van der Waals surface area contributed by atoms with Crippen molar-refractivity contribution in [1.82, 2.24) is 9.88 Å². The van der Waals surface area contributed by atoms with Crippen LogP contribution in [0, 0.1) is 5.92 Å². The minimum atomic E-state index is -0.828. The lowest BCUT2D eigenvalue weighted by molar-refractivity contribution is -0.147. The maximum absolute atomic E-state index is 12.4. The van der Waals surface area contributed by atoms with E-state index in [-0.39, 0.29) is 18.4 Å². The maximum Gasteiger partial charge on any atom is 0.308 e. The van der Waals surface area contributed by atoms with Crippen molar-refractivity contribution in [3.63, 3.8) is 0 Å². The van der Waals surface area contributed by atoms with Gasteiger partial charge in [-0.3, -0.25) is 9.59 Å². The summed E-state index contributed by atoms with van der Waals surface area (Å²) in [5.41, 5.74) is 0.797. The number of hydrogen-bond donors (Lipinski definition) is 1. The summed E-state index contributed by atoms with van der Waals surface area (Å²) in [6, 6.07) is 3.59. The van der Waals surface area contributed by atoms with E-state index in [4.69, 9.17) is 9.84 Å². The first kappa shape index (κ1) is 15.3. The standard InChI is InChI=1S/C15H20N2O4/c1-10-3-5-12(15(19)20)9-17(10)14(18)7-11-4-6-13(21-2)16-8-11/h4,6,8,10,12H,3,5,7,9H2,1-2H3,(H,19,20)/t10-,12+/m0/s1. The minimum absolute atomic E-state index is 0.0552. The normalized spacial score (nSPS) is 21.9. The Bertz CT molecular complexity index is 515. The Morgan fingerprint density at radius 3 is 2.76 bits per heavy atom. The first-order valence-electron chi connectivity index (χ1n) is 7.02. The molecule has 2 rings (SSSR count). The number of rotatable bonds is 4. The minimum Gasteiger partial charge on any atom is -0.481 e. The van der Waals surface area contributed by atoms with Gasteiger partial charge in [0.05, 0.1) is 19.4 Å². The molecule has 1 amide bonds. The van der Waals surface area contributed by atoms with Crippen LogP contribution in [0.1, 0.15) is 25.3 Å². The van der Waals surface area contributed by atoms with Gasteiger partial charge < -0.3 is 14.7 Å². The highest BCUT2D eigenvalue weighted by Crippen LogP contribution is 2.23. The summed E-state index contributed by atoms with van der Waals surface area (Å²) in [5, 5.41) is 9.11. The summed E-state index contributed by atoms with van der Waals surface area (Å²) in [5.74, 6) is -0.839. The summed E-state index contributed by atoms with van der Waals surface area (Å²) in [4.78, 5) is 29.2. The fraction of sp³-hybridized carbons (Fsp3) is 0.533. The number of likely N-dealkylation sites (tertiary alicyclic amines) is 1. The molecular formula is C15H20N2O4. The average Bonchev–Trinajstić information content (AvgIpc) is 2.48. The number of carbonyl (C=O) groups excluding carboxylic acids is 1. The molecule has 0 radical (unpaired) electrons. The van der Waals surface area contributed by atoms with Gasteiger partial charge in [-0.05, 0) is 25.3 Å². The Kier molecular flexibility index (Phi) is 4.77. The molecule has 6 nitrogen and oxygen atoms in total. The summed E-state index contributed by atoms with van der Waals surface area (Å²) in [6.07, 6.45) is 3.20. The molecule has 6 heteroatoms. The van der Waals surface area contributed by atoms with Gasteiger partial charge in [0.1, 0.15) is 0 Å². The second-order valence-electron chi connectivity index (χ2n) is 5.39. The molecule has 1 aliphatic heterocycles. The maximum atomic E-state index is 12.4. The molecular weight excluding hydrogens is 272 g/mol. The molecule has 2 heterocycles. The Hall–Kier alpha value is -2.11. The van der Waals surface area contributed by atoms with Crippen molar-refractivity contribution in [2.24, 2.45) is 5.92 Å². The van der Waals surface area contributed by atoms with Gasteiger partial charge in [-0.25, -0.2) is 4.98 Å². The van der Waals surface area contributed by atoms with E-state index in [0.29, 0.717) is 18.8 Å². The zero-order valence-corrected chi connectivity index (χ0v) is 12.3. The lowest BCUT2D eigenvalue weighted by atomic mass is 9.93. The van der Waals surface area contributed by atoms with Gasteiger partial charge in [0.25, 0.3) is 0 Å². The van der Waals surface area contributed by atoms with Crippen LogP contribution in [0.2, 0.25) is 0 Å². The summed E-state index contributed by atoms with van der Waals surface area (Å²) >= 11 is 0. The van der Waals surface area contributed by atoms with E-state index in [9.17, 15) is 9.59 Å². The van der Waals surface area contributed by atoms with Gasteiger partial charge in [0, 0.05) is 24.8 Å². The van der Waals surface area contributed by atoms with Crippen LogP contribution in [0.4, 0.5) is 0 Å². The summed E-state index contributed by atoms with van der Waals surface area (Å²) < 4.78 is 4.98. The molecule has 0 unspecified atom stereocenters. The van der Waals surface area contributed by atoms with Gasteiger partial charge in [-0.1, -0.05) is 6.07 Å². The number of aliphatic carboxylic acids is 1. The molecule has 0 bridgehead atoms. The lowest BCUT2D eigenvalue weighted by Gasteiger charge is -2.36. The number of hydrogen-bond acceptors (Lipinski definition) is 4. The molecule has 1 aromatic rings. The topological polar surface area (TPSA) is 79.7 Å². The monoisotopic (exact) mass is 292 g/mol. The van der Waals surface area contributed by atoms with Crippen molar-refractivity contribution in [3.8, 4) is 5.88 Å². The Balaban J connectivity index is 2.01. The van der Waals surface area contributed by atoms with E-state index >= 15 is 0 Å². The predicted octanol–water partition coefficient (Wildman–Crippen LogP) is 1.34. The second kappa shape index (κ2) is 6.56. The van der Waals surface area contributed by atoms with E-state index in [1.54, 1.807) is 23.2 Å². The van der Waals surface area contributed by atoms with Crippen LogP contribution in [0.25, 0.3) is 0 Å². The molecule has 1 aliphatic rings. The molecule has 21 heavy (non-hydrogen) atoms. The van der Waals surface area contributed by atoms with E-state index < -0.39 is 11.9 Å². The fourth-order valence-corrected chi connectivity index (χ4v) is 2.57. The number of carboxylic acid groups (broad SMARTS) is 1. The number of pyridine rings is 1. The van der Waals surface area contributed by atoms with E-state index in [2.05, 4.69) is 4.98 Å². The van der Waals surface area contributed by atoms with Crippen molar-refractivity contribution in [2.75, 3.05) is 13.7 Å². The average molecular weight is 292 g/mol. The third kappa shape index (κ3) is 3.71. The highest BCUT2D eigenvalue weighted by atomic mass is 16.5. The highest BCUT2D eigenvalue weighted by molar-refractivity contribution is 5.80. The van der Waals surface area contributed by atoms with Crippen LogP contribution >= 0.6 is 0 Å². The van der Waals surface area contributed by atoms with Gasteiger partial charge in [-0.15, -0.1) is 0 Å². The molecule has 1 saturated heterocycles. The van der Waals surface area contributed by atoms with E-state index in [1.807, 2.05) is 6.92 Å². The highest BCUT2D eigenvalue weighted by Gasteiger charge is 2.32. The molecule has 0 aromatic carbocycles. The van der Waals surface area contributed by atoms with Crippen molar-refractivity contribution < 1.29 is 19.4 Å². The Labute approximate surface area is 123 Å². The quantitative estimate of drug-likeness (QED) is 0.906. The Morgan fingerprint density at radius 2 is 2.19 bits per heavy atom. The van der Waals surface area contributed by atoms with Gasteiger partial charge in [0.2, 0.25) is 11.8 Å². The molecule has 114 valence electrons. The molecule has 1 aromatic heterocycles. The number of methoxy groups -OCH3 is 1. The lowest BCUT2D eigenvalue weighted by Crippen LogP contribution is -2.47. The van der Waals surface area contributed by atoms with Crippen molar-refractivity contribution in [1.29, 1.82) is 0 Å². The summed E-state index contributed by atoms with van der Waals surface area (Å²) in [6.45, 7) is 2.25. The first-order valence-corrected chi connectivity index (χ1v) is 7.02. The van der Waals surface area contributed by atoms with Crippen molar-refractivity contribution in [2.45, 2.75) is 32.2 Å². The fourth-order valence-electron chi connectivity index (χ4n) is 2.57. The van der Waals surface area contributed by atoms with Crippen molar-refractivity contribution in [3.05, 3.63) is 23.9 Å². The van der Waals surface area contributed by atoms with Gasteiger partial charge >= 0.3 is 5.97 Å². The van der Waals surface area contributed by atoms with Crippen LogP contribution in [-0.2, 0) is 16.0 Å². The molecule has 0 saturated carbocycles. The molecule has 0 aliphatic carbocycles. The number of aromatic nitrogens is 1. The van der Waals surface area contributed by atoms with Crippen LogP contribution < -0.4 is 4.74 Å². The number of ether oxygens (including phenoxy) is 1. The Morgan fingerprint density at radius 1 is 1.43 bits per heavy atom. The molecule has 1 N–H and O–H groups in total. The molecule has 0 spiro atoms. The van der Waals surface area contributed by atoms with Crippen LogP contribution in [0.5, 0.6) is 5.88 Å². The van der Waals surface area contributed by atoms with Gasteiger partial charge in [-0.2, -0.15) is 0 Å². The predicted molar refractivity (Wildman–Crippen MR) is 76.0 cm³/mol. The summed E-state index contributed by atoms with van der Waals surface area (Å²) in [7, 11) is 1.54. The third-order valence-corrected chi connectivity index (χ3v) is 3.91. The van der Waals surface area contributed by atoms with Crippen LogP contribution in [-0.4, -0.2) is 46.6 Å². The number of carbonyl (C=O) groups is 2. The smallest absolute Gasteiger partial charge is 0.308 e. The first-order chi connectivity index (χ1) is 10.0. The SMILES string of the molecule is COc1ccc(CC(=O)N2C[C@H](C(=O)O)CC[C@@H]2C)cn1. The van der Waals surface area contributed by atoms with E-state index in [0.717, 1.165) is 12.0 Å². The molecule has 2 atom stereocenters. The van der Waals surface area contributed by atoms with Crippen LogP contribution in [0.3, 0.4) is 0 Å². The van der Waals surface area contributed by atoms with Crippen molar-refractivity contribution >= 4 is 11.9 Å². The zero-order valence-electron chi connectivity index (χ0n) is 12.3. The second-order valence-corrected chi connectivity index (χ2v) is 5.39. The van der Waals surface area contributed by atoms with E-state index in [1.165, 1.54) is 7.11 Å². The number of amides is 1. The number of nitrogens with zero attached hydrogens (tertiary/aromatic N) is 2. The number of piperidine rings is 1. The molecule has 1 fully saturated rings. The van der Waals surface area contributed by atoms with Crippen LogP contribution in [0.15, 0.2) is 18.3 Å². The largest absolute Gasteiger partial charge is 0.481 e. The zero-order chi connectivity index (χ0) is 15.4. The van der Waals surface area contributed by atoms with Gasteiger partial charge in [0.15, 0.2) is 0 Å². The third-order valence-electron chi connectivity index (χ3n) is 3.91. The number of carboxylic acids is 1.